The Morgan fingerprint density at radius 1 is 1.65 bits per heavy atom. The van der Waals surface area contributed by atoms with Gasteiger partial charge in [-0.05, 0) is 30.8 Å². The second-order valence-corrected chi connectivity index (χ2v) is 7.24. The highest BCUT2D eigenvalue weighted by Gasteiger charge is 2.27. The fraction of sp³-hybridized carbons (Fsp3) is 0.600. The van der Waals surface area contributed by atoms with E-state index in [1.165, 1.54) is 11.5 Å². The zero-order valence-electron chi connectivity index (χ0n) is 9.43. The van der Waals surface area contributed by atoms with Crippen LogP contribution in [0.2, 0.25) is 0 Å². The molecule has 0 saturated carbocycles. The molecule has 1 unspecified atom stereocenters. The minimum Gasteiger partial charge on any atom is -0.374 e. The summed E-state index contributed by atoms with van der Waals surface area (Å²) in [7, 11) is -2.83. The van der Waals surface area contributed by atoms with Gasteiger partial charge in [0.15, 0.2) is 9.84 Å². The van der Waals surface area contributed by atoms with Crippen LogP contribution in [-0.4, -0.2) is 30.8 Å². The maximum Gasteiger partial charge on any atom is 0.150 e. The van der Waals surface area contributed by atoms with E-state index in [-0.39, 0.29) is 17.4 Å². The fourth-order valence-electron chi connectivity index (χ4n) is 1.89. The molecule has 1 saturated heterocycles. The fourth-order valence-corrected chi connectivity index (χ4v) is 4.51. The molecule has 1 atom stereocenters. The van der Waals surface area contributed by atoms with Gasteiger partial charge in [0.05, 0.1) is 17.2 Å². The molecule has 7 heteroatoms. The number of nitriles is 1. The standard InChI is InChI=1S/C10H13N3O2S2/c1-7-9(4-11)10(16-13-7)12-5-8-2-3-17(14,15)6-8/h8,12H,2-3,5-6H2,1H3. The molecule has 2 rings (SSSR count). The molecule has 0 bridgehead atoms. The third-order valence-corrected chi connectivity index (χ3v) is 5.59. The van der Waals surface area contributed by atoms with Crippen molar-refractivity contribution < 1.29 is 8.42 Å². The highest BCUT2D eigenvalue weighted by Crippen LogP contribution is 2.25. The van der Waals surface area contributed by atoms with Crippen LogP contribution in [0, 0.1) is 24.2 Å². The molecular weight excluding hydrogens is 258 g/mol. The zero-order valence-corrected chi connectivity index (χ0v) is 11.1. The number of nitrogens with one attached hydrogen (secondary N) is 1. The van der Waals surface area contributed by atoms with Crippen LogP contribution in [0.4, 0.5) is 5.00 Å². The molecule has 17 heavy (non-hydrogen) atoms. The Balaban J connectivity index is 1.97. The van der Waals surface area contributed by atoms with Gasteiger partial charge in [-0.1, -0.05) is 0 Å². The van der Waals surface area contributed by atoms with Crippen LogP contribution >= 0.6 is 11.5 Å². The summed E-state index contributed by atoms with van der Waals surface area (Å²) in [5.74, 6) is 0.681. The summed E-state index contributed by atoms with van der Waals surface area (Å²) in [5.41, 5.74) is 1.29. The second-order valence-electron chi connectivity index (χ2n) is 4.23. The van der Waals surface area contributed by atoms with E-state index in [0.29, 0.717) is 18.5 Å². The van der Waals surface area contributed by atoms with Crippen LogP contribution in [0.25, 0.3) is 0 Å². The Labute approximate surface area is 105 Å². The van der Waals surface area contributed by atoms with E-state index in [9.17, 15) is 8.42 Å². The van der Waals surface area contributed by atoms with Crippen molar-refractivity contribution in [3.8, 4) is 6.07 Å². The first-order valence-corrected chi connectivity index (χ1v) is 7.92. The van der Waals surface area contributed by atoms with Gasteiger partial charge in [0.25, 0.3) is 0 Å². The molecule has 2 heterocycles. The van der Waals surface area contributed by atoms with Gasteiger partial charge in [-0.25, -0.2) is 8.42 Å². The van der Waals surface area contributed by atoms with Crippen LogP contribution < -0.4 is 5.32 Å². The lowest BCUT2D eigenvalue weighted by atomic mass is 10.1. The minimum atomic E-state index is -2.83. The smallest absolute Gasteiger partial charge is 0.150 e. The zero-order chi connectivity index (χ0) is 12.5. The number of aromatic nitrogens is 1. The lowest BCUT2D eigenvalue weighted by molar-refractivity contribution is 0.596. The molecular formula is C10H13N3O2S2. The summed E-state index contributed by atoms with van der Waals surface area (Å²) in [4.78, 5) is 0. The van der Waals surface area contributed by atoms with Crippen molar-refractivity contribution in [2.45, 2.75) is 13.3 Å². The maximum atomic E-state index is 11.3. The Kier molecular flexibility index (Phi) is 3.35. The van der Waals surface area contributed by atoms with Crippen LogP contribution in [0.3, 0.4) is 0 Å². The number of sulfone groups is 1. The molecule has 0 amide bonds. The predicted molar refractivity (Wildman–Crippen MR) is 66.8 cm³/mol. The first-order valence-electron chi connectivity index (χ1n) is 5.32. The van der Waals surface area contributed by atoms with Gasteiger partial charge in [0.1, 0.15) is 16.6 Å². The summed E-state index contributed by atoms with van der Waals surface area (Å²) >= 11 is 1.25. The Bertz CT molecular complexity index is 557. The third-order valence-electron chi connectivity index (χ3n) is 2.85. The van der Waals surface area contributed by atoms with Crippen molar-refractivity contribution in [2.24, 2.45) is 5.92 Å². The van der Waals surface area contributed by atoms with Crippen molar-refractivity contribution in [1.29, 1.82) is 5.26 Å². The van der Waals surface area contributed by atoms with Crippen LogP contribution in [-0.2, 0) is 9.84 Å². The predicted octanol–water partition coefficient (Wildman–Crippen LogP) is 1.17. The highest BCUT2D eigenvalue weighted by molar-refractivity contribution is 7.91. The summed E-state index contributed by atoms with van der Waals surface area (Å²) in [6, 6.07) is 2.10. The van der Waals surface area contributed by atoms with Crippen molar-refractivity contribution in [2.75, 3.05) is 23.4 Å². The monoisotopic (exact) mass is 271 g/mol. The van der Waals surface area contributed by atoms with Crippen molar-refractivity contribution in [1.82, 2.24) is 4.37 Å². The molecule has 92 valence electrons. The van der Waals surface area contributed by atoms with Crippen LogP contribution in [0.15, 0.2) is 0 Å². The molecule has 0 aliphatic carbocycles. The van der Waals surface area contributed by atoms with Gasteiger partial charge in [-0.2, -0.15) is 9.64 Å². The third kappa shape index (κ3) is 2.76. The van der Waals surface area contributed by atoms with E-state index in [2.05, 4.69) is 15.8 Å². The van der Waals surface area contributed by atoms with Crippen LogP contribution in [0.1, 0.15) is 17.7 Å². The van der Waals surface area contributed by atoms with Crippen molar-refractivity contribution >= 4 is 26.4 Å². The van der Waals surface area contributed by atoms with E-state index >= 15 is 0 Å². The summed E-state index contributed by atoms with van der Waals surface area (Å²) in [5, 5.41) is 12.8. The number of nitrogens with zero attached hydrogens (tertiary/aromatic N) is 2. The molecule has 5 nitrogen and oxygen atoms in total. The van der Waals surface area contributed by atoms with Gasteiger partial charge < -0.3 is 5.32 Å². The quantitative estimate of drug-likeness (QED) is 0.892. The summed E-state index contributed by atoms with van der Waals surface area (Å²) < 4.78 is 26.7. The largest absolute Gasteiger partial charge is 0.374 e. The molecule has 0 radical (unpaired) electrons. The minimum absolute atomic E-state index is 0.147. The molecule has 1 aromatic heterocycles. The SMILES string of the molecule is Cc1nsc(NCC2CCS(=O)(=O)C2)c1C#N. The van der Waals surface area contributed by atoms with Gasteiger partial charge in [0.2, 0.25) is 0 Å². The molecule has 1 aliphatic rings. The normalized spacial score (nSPS) is 22.2. The van der Waals surface area contributed by atoms with Crippen molar-refractivity contribution in [3.63, 3.8) is 0 Å². The first kappa shape index (κ1) is 12.3. The van der Waals surface area contributed by atoms with E-state index < -0.39 is 9.84 Å². The Morgan fingerprint density at radius 3 is 3.00 bits per heavy atom. The van der Waals surface area contributed by atoms with E-state index in [1.54, 1.807) is 6.92 Å². The van der Waals surface area contributed by atoms with E-state index in [1.807, 2.05) is 0 Å². The second kappa shape index (κ2) is 4.63. The molecule has 1 aromatic rings. The lowest BCUT2D eigenvalue weighted by Crippen LogP contribution is -2.15. The molecule has 0 aromatic carbocycles. The number of hydrogen-bond acceptors (Lipinski definition) is 6. The molecule has 1 N–H and O–H groups in total. The summed E-state index contributed by atoms with van der Waals surface area (Å²) in [6.07, 6.45) is 0.703. The van der Waals surface area contributed by atoms with Gasteiger partial charge in [-0.3, -0.25) is 0 Å². The van der Waals surface area contributed by atoms with Gasteiger partial charge >= 0.3 is 0 Å². The highest BCUT2D eigenvalue weighted by atomic mass is 32.2. The topological polar surface area (TPSA) is 82.8 Å². The first-order chi connectivity index (χ1) is 8.02. The Hall–Kier alpha value is -1.13. The maximum absolute atomic E-state index is 11.3. The molecule has 1 aliphatic heterocycles. The number of rotatable bonds is 3. The van der Waals surface area contributed by atoms with Gasteiger partial charge in [0, 0.05) is 6.54 Å². The lowest BCUT2D eigenvalue weighted by Gasteiger charge is -2.08. The van der Waals surface area contributed by atoms with Crippen LogP contribution in [0.5, 0.6) is 0 Å². The molecule has 1 fully saturated rings. The summed E-state index contributed by atoms with van der Waals surface area (Å²) in [6.45, 7) is 2.38. The average Bonchev–Trinajstić information content (AvgIpc) is 2.79. The number of aryl methyl sites for hydroxylation is 1. The Morgan fingerprint density at radius 2 is 2.41 bits per heavy atom. The molecule has 0 spiro atoms. The van der Waals surface area contributed by atoms with E-state index in [0.717, 1.165) is 10.7 Å². The average molecular weight is 271 g/mol. The number of hydrogen-bond donors (Lipinski definition) is 1. The van der Waals surface area contributed by atoms with Crippen molar-refractivity contribution in [3.05, 3.63) is 11.3 Å². The van der Waals surface area contributed by atoms with E-state index in [4.69, 9.17) is 5.26 Å². The van der Waals surface area contributed by atoms with Gasteiger partial charge in [-0.15, -0.1) is 0 Å². The number of anilines is 1.